The van der Waals surface area contributed by atoms with E-state index in [1.54, 1.807) is 0 Å². The van der Waals surface area contributed by atoms with Gasteiger partial charge in [-0.05, 0) is 37.7 Å². The third-order valence-corrected chi connectivity index (χ3v) is 4.22. The van der Waals surface area contributed by atoms with Crippen LogP contribution in [0.4, 0.5) is 0 Å². The smallest absolute Gasteiger partial charge is 0.276 e. The van der Waals surface area contributed by atoms with Gasteiger partial charge in [0.1, 0.15) is 6.26 Å². The Morgan fingerprint density at radius 3 is 2.62 bits per heavy atom. The van der Waals surface area contributed by atoms with Crippen molar-refractivity contribution < 1.29 is 9.32 Å². The van der Waals surface area contributed by atoms with Gasteiger partial charge in [0.15, 0.2) is 5.69 Å². The molecule has 1 aromatic heterocycles. The van der Waals surface area contributed by atoms with Crippen molar-refractivity contribution in [1.82, 2.24) is 10.1 Å². The summed E-state index contributed by atoms with van der Waals surface area (Å²) >= 11 is 0. The lowest BCUT2D eigenvalue weighted by Crippen LogP contribution is -2.39. The van der Waals surface area contributed by atoms with Crippen LogP contribution in [0.1, 0.15) is 34.5 Å². The zero-order valence-corrected chi connectivity index (χ0v) is 12.3. The second kappa shape index (κ2) is 6.12. The number of nitrogens with zero attached hydrogens (tertiary/aromatic N) is 2. The molecule has 0 aliphatic carbocycles. The number of amides is 1. The molecule has 0 radical (unpaired) electrons. The van der Waals surface area contributed by atoms with Gasteiger partial charge in [-0.15, -0.1) is 0 Å². The molecule has 1 amide bonds. The molecular formula is C17H20N2O2. The molecule has 3 rings (SSSR count). The Morgan fingerprint density at radius 1 is 1.29 bits per heavy atom. The summed E-state index contributed by atoms with van der Waals surface area (Å²) in [6.07, 6.45) is 4.73. The van der Waals surface area contributed by atoms with Gasteiger partial charge in [0.2, 0.25) is 0 Å². The Hall–Kier alpha value is -2.10. The van der Waals surface area contributed by atoms with Gasteiger partial charge in [-0.25, -0.2) is 0 Å². The van der Waals surface area contributed by atoms with Crippen molar-refractivity contribution in [1.29, 1.82) is 0 Å². The molecule has 0 saturated carbocycles. The van der Waals surface area contributed by atoms with Crippen LogP contribution < -0.4 is 0 Å². The summed E-state index contributed by atoms with van der Waals surface area (Å²) in [5.41, 5.74) is 2.65. The van der Waals surface area contributed by atoms with Gasteiger partial charge in [0.25, 0.3) is 5.91 Å². The van der Waals surface area contributed by atoms with E-state index in [4.69, 9.17) is 4.52 Å². The maximum Gasteiger partial charge on any atom is 0.276 e. The minimum Gasteiger partial charge on any atom is -0.364 e. The molecule has 4 nitrogen and oxygen atoms in total. The SMILES string of the molecule is Cc1conc1C(=O)N1CCC(Cc2ccccc2)CC1. The molecule has 4 heteroatoms. The third-order valence-electron chi connectivity index (χ3n) is 4.22. The van der Waals surface area contributed by atoms with E-state index in [2.05, 4.69) is 29.4 Å². The molecule has 1 fully saturated rings. The van der Waals surface area contributed by atoms with Gasteiger partial charge >= 0.3 is 0 Å². The van der Waals surface area contributed by atoms with Crippen LogP contribution in [-0.2, 0) is 6.42 Å². The van der Waals surface area contributed by atoms with Crippen LogP contribution in [-0.4, -0.2) is 29.1 Å². The highest BCUT2D eigenvalue weighted by Crippen LogP contribution is 2.23. The second-order valence-electron chi connectivity index (χ2n) is 5.77. The van der Waals surface area contributed by atoms with Crippen molar-refractivity contribution in [3.8, 4) is 0 Å². The average Bonchev–Trinajstić information content (AvgIpc) is 2.94. The van der Waals surface area contributed by atoms with Crippen LogP contribution in [0.15, 0.2) is 41.1 Å². The van der Waals surface area contributed by atoms with Crippen LogP contribution >= 0.6 is 0 Å². The highest BCUT2D eigenvalue weighted by molar-refractivity contribution is 5.93. The fourth-order valence-corrected chi connectivity index (χ4v) is 2.93. The number of benzene rings is 1. The van der Waals surface area contributed by atoms with E-state index in [0.717, 1.165) is 37.9 Å². The lowest BCUT2D eigenvalue weighted by atomic mass is 9.90. The third kappa shape index (κ3) is 3.15. The molecule has 1 saturated heterocycles. The Labute approximate surface area is 124 Å². The predicted octanol–water partition coefficient (Wildman–Crippen LogP) is 3.08. The Bertz CT molecular complexity index is 598. The number of hydrogen-bond donors (Lipinski definition) is 0. The fourth-order valence-electron chi connectivity index (χ4n) is 2.93. The topological polar surface area (TPSA) is 46.3 Å². The van der Waals surface area contributed by atoms with E-state index in [1.807, 2.05) is 17.9 Å². The summed E-state index contributed by atoms with van der Waals surface area (Å²) in [4.78, 5) is 14.2. The van der Waals surface area contributed by atoms with E-state index in [1.165, 1.54) is 11.8 Å². The van der Waals surface area contributed by atoms with Crippen molar-refractivity contribution in [2.45, 2.75) is 26.2 Å². The normalized spacial score (nSPS) is 16.1. The summed E-state index contributed by atoms with van der Waals surface area (Å²) in [6.45, 7) is 3.47. The van der Waals surface area contributed by atoms with Crippen molar-refractivity contribution in [3.05, 3.63) is 53.4 Å². The Kier molecular flexibility index (Phi) is 4.04. The second-order valence-corrected chi connectivity index (χ2v) is 5.77. The summed E-state index contributed by atoms with van der Waals surface area (Å²) in [5, 5.41) is 3.81. The molecular weight excluding hydrogens is 264 g/mol. The molecule has 1 aliphatic heterocycles. The number of aryl methyl sites for hydroxylation is 1. The van der Waals surface area contributed by atoms with Gasteiger partial charge in [-0.3, -0.25) is 4.79 Å². The van der Waals surface area contributed by atoms with E-state index in [-0.39, 0.29) is 5.91 Å². The van der Waals surface area contributed by atoms with Crippen LogP contribution in [0.5, 0.6) is 0 Å². The highest BCUT2D eigenvalue weighted by atomic mass is 16.5. The highest BCUT2D eigenvalue weighted by Gasteiger charge is 2.26. The lowest BCUT2D eigenvalue weighted by molar-refractivity contribution is 0.0679. The van der Waals surface area contributed by atoms with Crippen molar-refractivity contribution >= 4 is 5.91 Å². The average molecular weight is 284 g/mol. The van der Waals surface area contributed by atoms with E-state index >= 15 is 0 Å². The van der Waals surface area contributed by atoms with Crippen LogP contribution in [0.3, 0.4) is 0 Å². The number of aromatic nitrogens is 1. The molecule has 0 N–H and O–H groups in total. The first-order chi connectivity index (χ1) is 10.2. The summed E-state index contributed by atoms with van der Waals surface area (Å²) in [5.74, 6) is 0.661. The maximum absolute atomic E-state index is 12.4. The quantitative estimate of drug-likeness (QED) is 0.870. The monoisotopic (exact) mass is 284 g/mol. The largest absolute Gasteiger partial charge is 0.364 e. The van der Waals surface area contributed by atoms with Crippen LogP contribution in [0.2, 0.25) is 0 Å². The molecule has 0 unspecified atom stereocenters. The molecule has 1 aromatic carbocycles. The number of likely N-dealkylation sites (tertiary alicyclic amines) is 1. The molecule has 0 spiro atoms. The number of hydrogen-bond acceptors (Lipinski definition) is 3. The van der Waals surface area contributed by atoms with Crippen LogP contribution in [0, 0.1) is 12.8 Å². The van der Waals surface area contributed by atoms with Crippen molar-refractivity contribution in [2.24, 2.45) is 5.92 Å². The standard InChI is InChI=1S/C17H20N2O2/c1-13-12-21-18-16(13)17(20)19-9-7-15(8-10-19)11-14-5-3-2-4-6-14/h2-6,12,15H,7-11H2,1H3. The summed E-state index contributed by atoms with van der Waals surface area (Å²) in [7, 11) is 0. The van der Waals surface area contributed by atoms with Gasteiger partial charge in [0.05, 0.1) is 0 Å². The molecule has 2 aromatic rings. The number of piperidine rings is 1. The van der Waals surface area contributed by atoms with Gasteiger partial charge in [-0.1, -0.05) is 35.5 Å². The number of carbonyl (C=O) groups is 1. The molecule has 0 bridgehead atoms. The minimum absolute atomic E-state index is 0.000545. The summed E-state index contributed by atoms with van der Waals surface area (Å²) < 4.78 is 4.86. The predicted molar refractivity (Wildman–Crippen MR) is 80.0 cm³/mol. The zero-order chi connectivity index (χ0) is 14.7. The molecule has 0 atom stereocenters. The van der Waals surface area contributed by atoms with Crippen molar-refractivity contribution in [2.75, 3.05) is 13.1 Å². The Balaban J connectivity index is 1.56. The summed E-state index contributed by atoms with van der Waals surface area (Å²) in [6, 6.07) is 10.6. The van der Waals surface area contributed by atoms with E-state index in [9.17, 15) is 4.79 Å². The number of rotatable bonds is 3. The molecule has 2 heterocycles. The van der Waals surface area contributed by atoms with Gasteiger partial charge in [0, 0.05) is 18.7 Å². The zero-order valence-electron chi connectivity index (χ0n) is 12.3. The Morgan fingerprint density at radius 2 is 2.00 bits per heavy atom. The van der Waals surface area contributed by atoms with Gasteiger partial charge in [-0.2, -0.15) is 0 Å². The maximum atomic E-state index is 12.4. The minimum atomic E-state index is -0.000545. The first-order valence-electron chi connectivity index (χ1n) is 7.48. The number of carbonyl (C=O) groups excluding carboxylic acids is 1. The van der Waals surface area contributed by atoms with Gasteiger partial charge < -0.3 is 9.42 Å². The van der Waals surface area contributed by atoms with E-state index in [0.29, 0.717) is 11.6 Å². The molecule has 21 heavy (non-hydrogen) atoms. The van der Waals surface area contributed by atoms with Crippen LogP contribution in [0.25, 0.3) is 0 Å². The van der Waals surface area contributed by atoms with E-state index < -0.39 is 0 Å². The fraction of sp³-hybridized carbons (Fsp3) is 0.412. The molecule has 1 aliphatic rings. The lowest BCUT2D eigenvalue weighted by Gasteiger charge is -2.31. The first-order valence-corrected chi connectivity index (χ1v) is 7.48. The first kappa shape index (κ1) is 13.9. The van der Waals surface area contributed by atoms with Crippen molar-refractivity contribution in [3.63, 3.8) is 0 Å². The molecule has 110 valence electrons.